The lowest BCUT2D eigenvalue weighted by molar-refractivity contribution is -0.224. The van der Waals surface area contributed by atoms with Crippen LogP contribution in [0.5, 0.6) is 23.0 Å². The molecule has 0 aliphatic carbocycles. The number of hydrogen-bond acceptors (Lipinski definition) is 16. The molecule has 3 heterocycles. The molecule has 3 aliphatic heterocycles. The molecule has 0 radical (unpaired) electrons. The van der Waals surface area contributed by atoms with E-state index in [9.17, 15) is 19.2 Å². The summed E-state index contributed by atoms with van der Waals surface area (Å²) in [4.78, 5) is 49.1. The second kappa shape index (κ2) is 15.8. The Morgan fingerprint density at radius 1 is 0.480 bits per heavy atom. The quantitative estimate of drug-likeness (QED) is 0.269. The third-order valence-electron chi connectivity index (χ3n) is 6.83. The van der Waals surface area contributed by atoms with Gasteiger partial charge >= 0.3 is 23.9 Å². The Balaban J connectivity index is 1.19. The molecule has 0 aromatic heterocycles. The van der Waals surface area contributed by atoms with E-state index < -0.39 is 35.5 Å². The Morgan fingerprint density at radius 2 is 0.800 bits per heavy atom. The van der Waals surface area contributed by atoms with E-state index in [4.69, 9.17) is 47.4 Å². The number of nitrogens with one attached hydrogen (secondary N) is 2. The van der Waals surface area contributed by atoms with Gasteiger partial charge in [0.1, 0.15) is 26.4 Å². The largest absolute Gasteiger partial charge is 0.487 e. The van der Waals surface area contributed by atoms with Crippen molar-refractivity contribution in [1.29, 1.82) is 0 Å². The van der Waals surface area contributed by atoms with Crippen molar-refractivity contribution in [3.63, 3.8) is 0 Å². The van der Waals surface area contributed by atoms with E-state index in [2.05, 4.69) is 10.6 Å². The maximum absolute atomic E-state index is 12.3. The van der Waals surface area contributed by atoms with Crippen LogP contribution >= 0.6 is 0 Å². The van der Waals surface area contributed by atoms with Crippen molar-refractivity contribution in [3.8, 4) is 23.0 Å². The van der Waals surface area contributed by atoms with Crippen molar-refractivity contribution in [1.82, 2.24) is 0 Å². The van der Waals surface area contributed by atoms with Gasteiger partial charge in [0.15, 0.2) is 34.1 Å². The standard InChI is InChI=1S/C34H38N2O14/c1-33(2)47-29(37)23(30(38)48-33)19-35-21-5-7-25-27(17-21)45-15-11-42-12-16-46-28-18-22(6-8-26(28)44-14-10-41-9-13-43-25)36-20-24-31(39)49-34(3,4)50-32(24)40/h5-8,17-20,35-36H,9-16H2,1-4H3. The molecule has 2 aromatic carbocycles. The predicted molar refractivity (Wildman–Crippen MR) is 172 cm³/mol. The van der Waals surface area contributed by atoms with Gasteiger partial charge in [-0.15, -0.1) is 0 Å². The Labute approximate surface area is 287 Å². The highest BCUT2D eigenvalue weighted by Crippen LogP contribution is 2.33. The van der Waals surface area contributed by atoms with Gasteiger partial charge in [-0.05, 0) is 24.3 Å². The maximum Gasteiger partial charge on any atom is 0.350 e. The smallest absolute Gasteiger partial charge is 0.350 e. The number of fused-ring (bicyclic) bond motifs is 2. The van der Waals surface area contributed by atoms with Crippen molar-refractivity contribution in [2.24, 2.45) is 0 Å². The first-order valence-electron chi connectivity index (χ1n) is 15.7. The minimum Gasteiger partial charge on any atom is -0.487 e. The Morgan fingerprint density at radius 3 is 1.14 bits per heavy atom. The van der Waals surface area contributed by atoms with Gasteiger partial charge in [-0.3, -0.25) is 0 Å². The van der Waals surface area contributed by atoms with Gasteiger partial charge < -0.3 is 58.0 Å². The summed E-state index contributed by atoms with van der Waals surface area (Å²) in [6.07, 6.45) is 2.42. The fraction of sp³-hybridized carbons (Fsp3) is 0.412. The minimum atomic E-state index is -1.34. The number of benzene rings is 2. The highest BCUT2D eigenvalue weighted by molar-refractivity contribution is 6.16. The van der Waals surface area contributed by atoms with Crippen molar-refractivity contribution >= 4 is 35.3 Å². The van der Waals surface area contributed by atoms with Crippen LogP contribution in [0.1, 0.15) is 27.7 Å². The molecule has 0 atom stereocenters. The summed E-state index contributed by atoms with van der Waals surface area (Å²) in [7, 11) is 0. The Bertz CT molecular complexity index is 1500. The van der Waals surface area contributed by atoms with Crippen LogP contribution in [0.25, 0.3) is 0 Å². The van der Waals surface area contributed by atoms with Crippen LogP contribution in [0.2, 0.25) is 0 Å². The molecular formula is C34H38N2O14. The van der Waals surface area contributed by atoms with Crippen LogP contribution in [-0.4, -0.2) is 88.3 Å². The molecule has 16 nitrogen and oxygen atoms in total. The van der Waals surface area contributed by atoms with Gasteiger partial charge in [0.05, 0.1) is 26.4 Å². The van der Waals surface area contributed by atoms with E-state index in [-0.39, 0.29) is 64.0 Å². The average Bonchev–Trinajstić information content (AvgIpc) is 3.03. The average molecular weight is 699 g/mol. The van der Waals surface area contributed by atoms with E-state index in [1.165, 1.54) is 40.1 Å². The number of esters is 4. The van der Waals surface area contributed by atoms with Crippen LogP contribution in [0.4, 0.5) is 11.4 Å². The highest BCUT2D eigenvalue weighted by atomic mass is 16.8. The summed E-state index contributed by atoms with van der Waals surface area (Å²) in [6, 6.07) is 10.0. The number of carbonyl (C=O) groups excluding carboxylic acids is 4. The molecule has 5 rings (SSSR count). The third-order valence-corrected chi connectivity index (χ3v) is 6.83. The van der Waals surface area contributed by atoms with Gasteiger partial charge in [0.2, 0.25) is 0 Å². The molecule has 16 heteroatoms. The zero-order chi connectivity index (χ0) is 35.7. The number of cyclic esters (lactones) is 4. The molecule has 2 saturated heterocycles. The first-order chi connectivity index (χ1) is 23.9. The lowest BCUT2D eigenvalue weighted by Crippen LogP contribution is -2.42. The zero-order valence-corrected chi connectivity index (χ0v) is 28.0. The van der Waals surface area contributed by atoms with Crippen LogP contribution in [-0.2, 0) is 47.6 Å². The van der Waals surface area contributed by atoms with Gasteiger partial charge in [-0.2, -0.15) is 0 Å². The topological polar surface area (TPSA) is 185 Å². The second-order valence-corrected chi connectivity index (χ2v) is 11.7. The molecule has 0 unspecified atom stereocenters. The van der Waals surface area contributed by atoms with Crippen molar-refractivity contribution in [2.75, 3.05) is 63.5 Å². The SMILES string of the molecule is CC1(C)OC(=O)C(=CNc2ccc3c(c2)OCCOCCOc2cc(NC=C4C(=O)OC(C)(C)OC4=O)ccc2OCCOCCO3)C(=O)O1. The van der Waals surface area contributed by atoms with Gasteiger partial charge in [0.25, 0.3) is 11.6 Å². The number of rotatable bonds is 4. The predicted octanol–water partition coefficient (Wildman–Crippen LogP) is 3.21. The maximum atomic E-state index is 12.3. The van der Waals surface area contributed by atoms with E-state index in [1.807, 2.05) is 0 Å². The molecular weight excluding hydrogens is 660 g/mol. The summed E-state index contributed by atoms with van der Waals surface area (Å²) in [5.74, 6) is -4.25. The van der Waals surface area contributed by atoms with Crippen LogP contribution < -0.4 is 29.6 Å². The molecule has 2 fully saturated rings. The number of carbonyl (C=O) groups is 4. The molecule has 0 spiro atoms. The Hall–Kier alpha value is -5.48. The lowest BCUT2D eigenvalue weighted by Gasteiger charge is -2.29. The summed E-state index contributed by atoms with van der Waals surface area (Å²) < 4.78 is 55.5. The van der Waals surface area contributed by atoms with Crippen molar-refractivity contribution in [3.05, 3.63) is 59.9 Å². The molecule has 0 saturated carbocycles. The van der Waals surface area contributed by atoms with Crippen LogP contribution in [0.15, 0.2) is 59.9 Å². The molecule has 2 aromatic rings. The van der Waals surface area contributed by atoms with E-state index in [0.717, 1.165) is 0 Å². The molecule has 0 amide bonds. The molecule has 2 N–H and O–H groups in total. The van der Waals surface area contributed by atoms with Crippen LogP contribution in [0.3, 0.4) is 0 Å². The van der Waals surface area contributed by atoms with Gasteiger partial charge in [-0.1, -0.05) is 0 Å². The number of anilines is 2. The van der Waals surface area contributed by atoms with Crippen LogP contribution in [0, 0.1) is 0 Å². The molecule has 50 heavy (non-hydrogen) atoms. The van der Waals surface area contributed by atoms with Crippen molar-refractivity contribution in [2.45, 2.75) is 39.3 Å². The fourth-order valence-corrected chi connectivity index (χ4v) is 4.57. The number of hydrogen-bond donors (Lipinski definition) is 2. The summed E-state index contributed by atoms with van der Waals surface area (Å²) in [5, 5.41) is 5.79. The summed E-state index contributed by atoms with van der Waals surface area (Å²) >= 11 is 0. The Kier molecular flexibility index (Phi) is 11.3. The third kappa shape index (κ3) is 9.79. The van der Waals surface area contributed by atoms with Gasteiger partial charge in [0, 0.05) is 63.6 Å². The first kappa shape index (κ1) is 35.8. The molecule has 3 aliphatic rings. The fourth-order valence-electron chi connectivity index (χ4n) is 4.57. The normalized spacial score (nSPS) is 19.7. The van der Waals surface area contributed by atoms with E-state index >= 15 is 0 Å². The van der Waals surface area contributed by atoms with Crippen molar-refractivity contribution < 1.29 is 66.5 Å². The van der Waals surface area contributed by atoms with Gasteiger partial charge in [-0.25, -0.2) is 19.2 Å². The van der Waals surface area contributed by atoms with E-state index in [1.54, 1.807) is 36.4 Å². The second-order valence-electron chi connectivity index (χ2n) is 11.7. The summed E-state index contributed by atoms with van der Waals surface area (Å²) in [6.45, 7) is 7.53. The number of ether oxygens (including phenoxy) is 10. The minimum absolute atomic E-state index is 0.162. The highest BCUT2D eigenvalue weighted by Gasteiger charge is 2.40. The molecule has 268 valence electrons. The monoisotopic (exact) mass is 698 g/mol. The summed E-state index contributed by atoms with van der Waals surface area (Å²) in [5.41, 5.74) is 0.431. The zero-order valence-electron chi connectivity index (χ0n) is 28.0. The lowest BCUT2D eigenvalue weighted by atomic mass is 10.2. The first-order valence-corrected chi connectivity index (χ1v) is 15.7. The molecule has 0 bridgehead atoms. The van der Waals surface area contributed by atoms with E-state index in [0.29, 0.717) is 34.4 Å².